The van der Waals surface area contributed by atoms with Gasteiger partial charge in [0.15, 0.2) is 0 Å². The van der Waals surface area contributed by atoms with Crippen molar-refractivity contribution < 1.29 is 23.0 Å². The number of phosphoric acid groups is 1. The molecule has 0 aliphatic rings. The topological polar surface area (TPSA) is 55.8 Å². The molecule has 1 atom stereocenters. The van der Waals surface area contributed by atoms with E-state index in [1.807, 2.05) is 48.5 Å². The summed E-state index contributed by atoms with van der Waals surface area (Å²) < 4.78 is 25.3. The number of quaternary nitrogens is 1. The molecule has 0 radical (unpaired) electrons. The molecule has 0 amide bonds. The summed E-state index contributed by atoms with van der Waals surface area (Å²) in [7, 11) is 0.165. The predicted molar refractivity (Wildman–Crippen MR) is 134 cm³/mol. The van der Waals surface area contributed by atoms with Crippen molar-refractivity contribution in [3.8, 4) is 5.75 Å². The number of likely N-dealkylation sites (N-methyl/N-ethyl adjacent to an activating group) is 1. The fraction of sp³-hybridized carbons (Fsp3) is 0.231. The van der Waals surface area contributed by atoms with Gasteiger partial charge >= 0.3 is 7.82 Å². The van der Waals surface area contributed by atoms with E-state index in [2.05, 4.69) is 43.7 Å². The van der Waals surface area contributed by atoms with E-state index in [0.717, 1.165) is 45.2 Å². The van der Waals surface area contributed by atoms with E-state index >= 15 is 0 Å². The maximum Gasteiger partial charge on any atom is 0.527 e. The third kappa shape index (κ3) is 6.53. The average molecular weight is 483 g/mol. The highest BCUT2D eigenvalue weighted by atomic mass is 32.1. The average Bonchev–Trinajstić information content (AvgIpc) is 3.22. The van der Waals surface area contributed by atoms with E-state index in [0.29, 0.717) is 5.75 Å². The fourth-order valence-electron chi connectivity index (χ4n) is 3.84. The lowest BCUT2D eigenvalue weighted by atomic mass is 10.1. The minimum Gasteiger partial charge on any atom is -0.403 e. The lowest BCUT2D eigenvalue weighted by Crippen LogP contribution is -2.40. The Kier molecular flexibility index (Phi) is 7.32. The summed E-state index contributed by atoms with van der Waals surface area (Å²) in [5.74, 6) is 0.385. The van der Waals surface area contributed by atoms with Crippen LogP contribution in [0.4, 0.5) is 0 Å². The first-order valence-corrected chi connectivity index (χ1v) is 13.2. The molecule has 4 aromatic rings. The summed E-state index contributed by atoms with van der Waals surface area (Å²) in [6, 6.07) is 25.3. The van der Waals surface area contributed by atoms with Gasteiger partial charge in [0, 0.05) is 22.1 Å². The van der Waals surface area contributed by atoms with Gasteiger partial charge in [-0.25, -0.2) is 4.57 Å². The minimum atomic E-state index is -4.28. The van der Waals surface area contributed by atoms with Crippen LogP contribution < -0.4 is 4.52 Å². The third-order valence-corrected chi connectivity index (χ3v) is 7.41. The van der Waals surface area contributed by atoms with Gasteiger partial charge < -0.3 is 9.01 Å². The van der Waals surface area contributed by atoms with E-state index in [4.69, 9.17) is 9.05 Å². The van der Waals surface area contributed by atoms with Gasteiger partial charge in [-0.3, -0.25) is 9.42 Å². The molecule has 1 heterocycles. The molecule has 0 saturated carbocycles. The second-order valence-electron chi connectivity index (χ2n) is 8.76. The van der Waals surface area contributed by atoms with Crippen LogP contribution in [-0.4, -0.2) is 30.0 Å². The summed E-state index contributed by atoms with van der Waals surface area (Å²) in [4.78, 5) is 10.4. The van der Waals surface area contributed by atoms with E-state index in [9.17, 15) is 9.46 Å². The summed E-state index contributed by atoms with van der Waals surface area (Å²) >= 11 is 1.62. The summed E-state index contributed by atoms with van der Waals surface area (Å²) in [6.07, 6.45) is 0.834. The Labute approximate surface area is 199 Å². The first-order chi connectivity index (χ1) is 15.8. The highest BCUT2D eigenvalue weighted by molar-refractivity contribution is 7.47. The molecule has 33 heavy (non-hydrogen) atoms. The van der Waals surface area contributed by atoms with Crippen LogP contribution in [0.2, 0.25) is 0 Å². The van der Waals surface area contributed by atoms with E-state index in [1.54, 1.807) is 17.4 Å². The number of rotatable bonds is 10. The molecule has 1 unspecified atom stereocenters. The second kappa shape index (κ2) is 10.2. The summed E-state index contributed by atoms with van der Waals surface area (Å²) in [6.45, 7) is 1.87. The molecule has 4 rings (SSSR count). The van der Waals surface area contributed by atoms with Crippen molar-refractivity contribution >= 4 is 29.2 Å². The van der Waals surface area contributed by atoms with Gasteiger partial charge in [-0.15, -0.1) is 11.3 Å². The van der Waals surface area contributed by atoms with Crippen molar-refractivity contribution in [3.63, 3.8) is 0 Å². The lowest BCUT2D eigenvalue weighted by molar-refractivity contribution is -0.903. The molecule has 1 N–H and O–H groups in total. The molecule has 0 aliphatic carbocycles. The maximum absolute atomic E-state index is 12.7. The highest BCUT2D eigenvalue weighted by Crippen LogP contribution is 2.47. The zero-order valence-corrected chi connectivity index (χ0v) is 20.6. The molecule has 0 fully saturated rings. The summed E-state index contributed by atoms with van der Waals surface area (Å²) in [5.41, 5.74) is 3.23. The number of nitrogens with zero attached hydrogens (tertiary/aromatic N) is 1. The van der Waals surface area contributed by atoms with Gasteiger partial charge in [-0.05, 0) is 28.6 Å². The van der Waals surface area contributed by atoms with Crippen LogP contribution in [0.15, 0.2) is 84.2 Å². The highest BCUT2D eigenvalue weighted by Gasteiger charge is 2.26. The molecule has 7 heteroatoms. The maximum atomic E-state index is 12.7. The SMILES string of the molecule is C[N+](C)(CCc1csc2cccc(OP(=O)(O)OCc3ccccc3)c12)Cc1ccccc1. The molecule has 0 saturated heterocycles. The van der Waals surface area contributed by atoms with Crippen LogP contribution >= 0.6 is 19.2 Å². The van der Waals surface area contributed by atoms with Crippen molar-refractivity contribution in [2.45, 2.75) is 19.6 Å². The second-order valence-corrected chi connectivity index (χ2v) is 11.1. The van der Waals surface area contributed by atoms with Crippen LogP contribution in [0, 0.1) is 0 Å². The van der Waals surface area contributed by atoms with E-state index < -0.39 is 7.82 Å². The van der Waals surface area contributed by atoms with Crippen LogP contribution in [0.3, 0.4) is 0 Å². The number of hydrogen-bond donors (Lipinski definition) is 1. The van der Waals surface area contributed by atoms with Gasteiger partial charge in [0.1, 0.15) is 12.3 Å². The summed E-state index contributed by atoms with van der Waals surface area (Å²) in [5, 5.41) is 3.01. The number of benzene rings is 3. The Morgan fingerprint density at radius 2 is 1.58 bits per heavy atom. The van der Waals surface area contributed by atoms with Gasteiger partial charge in [0.2, 0.25) is 0 Å². The van der Waals surface area contributed by atoms with Crippen LogP contribution in [0.25, 0.3) is 10.1 Å². The molecular weight excluding hydrogens is 453 g/mol. The third-order valence-electron chi connectivity index (χ3n) is 5.53. The smallest absolute Gasteiger partial charge is 0.403 e. The first kappa shape index (κ1) is 23.7. The van der Waals surface area contributed by atoms with Gasteiger partial charge in [0.05, 0.1) is 27.2 Å². The zero-order valence-electron chi connectivity index (χ0n) is 18.9. The Morgan fingerprint density at radius 3 is 2.27 bits per heavy atom. The van der Waals surface area contributed by atoms with Crippen LogP contribution in [0.1, 0.15) is 16.7 Å². The van der Waals surface area contributed by atoms with Crippen LogP contribution in [0.5, 0.6) is 5.75 Å². The van der Waals surface area contributed by atoms with Gasteiger partial charge in [-0.2, -0.15) is 0 Å². The first-order valence-electron chi connectivity index (χ1n) is 10.9. The number of thiophene rings is 1. The van der Waals surface area contributed by atoms with Gasteiger partial charge in [-0.1, -0.05) is 66.7 Å². The quantitative estimate of drug-likeness (QED) is 0.209. The Bertz CT molecular complexity index is 1240. The number of phosphoric ester groups is 1. The minimum absolute atomic E-state index is 0.00619. The van der Waals surface area contributed by atoms with Crippen LogP contribution in [-0.2, 0) is 28.7 Å². The molecule has 1 aromatic heterocycles. The molecule has 0 aliphatic heterocycles. The zero-order chi connectivity index (χ0) is 23.3. The Morgan fingerprint density at radius 1 is 0.909 bits per heavy atom. The Balaban J connectivity index is 1.47. The number of fused-ring (bicyclic) bond motifs is 1. The molecule has 3 aromatic carbocycles. The molecule has 172 valence electrons. The van der Waals surface area contributed by atoms with Crippen molar-refractivity contribution in [2.75, 3.05) is 20.6 Å². The molecule has 0 spiro atoms. The molecule has 5 nitrogen and oxygen atoms in total. The fourth-order valence-corrected chi connectivity index (χ4v) is 5.62. The van der Waals surface area contributed by atoms with E-state index in [-0.39, 0.29) is 6.61 Å². The molecular formula is C26H29NO4PS+. The van der Waals surface area contributed by atoms with Crippen molar-refractivity contribution in [1.29, 1.82) is 0 Å². The van der Waals surface area contributed by atoms with E-state index in [1.165, 1.54) is 5.56 Å². The Hall–Kier alpha value is -2.47. The normalized spacial score (nSPS) is 13.7. The van der Waals surface area contributed by atoms with Crippen molar-refractivity contribution in [3.05, 3.63) is 101 Å². The number of hydrogen-bond acceptors (Lipinski definition) is 4. The standard InChI is InChI=1S/C26H28NO4PS/c1-27(2,18-21-10-5-3-6-11-21)17-16-23-20-33-25-15-9-14-24(26(23)25)31-32(28,29)30-19-22-12-7-4-8-13-22/h3-15,20H,16-19H2,1-2H3/p+1. The predicted octanol–water partition coefficient (Wildman–Crippen LogP) is 6.42. The lowest BCUT2D eigenvalue weighted by Gasteiger charge is -2.30. The van der Waals surface area contributed by atoms with Gasteiger partial charge in [0.25, 0.3) is 0 Å². The monoisotopic (exact) mass is 482 g/mol. The van der Waals surface area contributed by atoms with Crippen molar-refractivity contribution in [2.24, 2.45) is 0 Å². The largest absolute Gasteiger partial charge is 0.527 e. The molecule has 0 bridgehead atoms. The van der Waals surface area contributed by atoms with Crippen molar-refractivity contribution in [1.82, 2.24) is 0 Å².